The molecule has 0 aliphatic carbocycles. The van der Waals surface area contributed by atoms with E-state index >= 15 is 0 Å². The third kappa shape index (κ3) is 0.958. The molecule has 62 valence electrons. The quantitative estimate of drug-likeness (QED) is 0.632. The first-order chi connectivity index (χ1) is 5.70. The second-order valence-electron chi connectivity index (χ2n) is 2.52. The first-order valence-corrected chi connectivity index (χ1v) is 4.16. The highest BCUT2D eigenvalue weighted by Gasteiger charge is 2.07. The lowest BCUT2D eigenvalue weighted by Crippen LogP contribution is -1.87. The van der Waals surface area contributed by atoms with Gasteiger partial charge in [-0.25, -0.2) is 0 Å². The van der Waals surface area contributed by atoms with Crippen LogP contribution in [0.15, 0.2) is 18.3 Å². The van der Waals surface area contributed by atoms with Gasteiger partial charge in [-0.1, -0.05) is 23.2 Å². The lowest BCUT2D eigenvalue weighted by atomic mass is 10.2. The number of nitrogen functional groups attached to an aromatic ring is 1. The van der Waals surface area contributed by atoms with Crippen LogP contribution in [0.2, 0.25) is 10.0 Å². The summed E-state index contributed by atoms with van der Waals surface area (Å²) in [4.78, 5) is 3.01. The van der Waals surface area contributed by atoms with E-state index in [1.54, 1.807) is 12.3 Å². The molecule has 0 saturated heterocycles. The highest BCUT2D eigenvalue weighted by molar-refractivity contribution is 6.45. The molecule has 2 rings (SSSR count). The van der Waals surface area contributed by atoms with E-state index in [0.717, 1.165) is 10.9 Å². The molecule has 0 fully saturated rings. The maximum Gasteiger partial charge on any atom is 0.0829 e. The van der Waals surface area contributed by atoms with E-state index in [4.69, 9.17) is 28.9 Å². The number of rotatable bonds is 0. The SMILES string of the molecule is Nc1c(Cl)c(Cl)cc2[nH]ccc12. The van der Waals surface area contributed by atoms with Crippen molar-refractivity contribution in [2.45, 2.75) is 0 Å². The molecule has 0 aliphatic heterocycles. The molecule has 2 nitrogen and oxygen atoms in total. The molecule has 0 unspecified atom stereocenters. The summed E-state index contributed by atoms with van der Waals surface area (Å²) in [7, 11) is 0. The van der Waals surface area contributed by atoms with Gasteiger partial charge in [-0.3, -0.25) is 0 Å². The Hall–Kier alpha value is -0.860. The molecule has 1 aromatic carbocycles. The minimum atomic E-state index is 0.420. The van der Waals surface area contributed by atoms with Crippen LogP contribution in [-0.4, -0.2) is 4.98 Å². The molecule has 0 saturated carbocycles. The largest absolute Gasteiger partial charge is 0.397 e. The summed E-state index contributed by atoms with van der Waals surface area (Å²) in [5, 5.41) is 1.80. The second-order valence-corrected chi connectivity index (χ2v) is 3.31. The fourth-order valence-corrected chi connectivity index (χ4v) is 1.54. The van der Waals surface area contributed by atoms with Gasteiger partial charge in [-0.05, 0) is 12.1 Å². The van der Waals surface area contributed by atoms with Crippen molar-refractivity contribution in [3.05, 3.63) is 28.4 Å². The van der Waals surface area contributed by atoms with Crippen LogP contribution in [0.4, 0.5) is 5.69 Å². The van der Waals surface area contributed by atoms with Crippen LogP contribution in [0.1, 0.15) is 0 Å². The minimum absolute atomic E-state index is 0.420. The Labute approximate surface area is 79.3 Å². The third-order valence-electron chi connectivity index (χ3n) is 1.79. The van der Waals surface area contributed by atoms with Crippen molar-refractivity contribution in [2.75, 3.05) is 5.73 Å². The van der Waals surface area contributed by atoms with Crippen LogP contribution in [0.5, 0.6) is 0 Å². The summed E-state index contributed by atoms with van der Waals surface area (Å²) in [6, 6.07) is 3.63. The molecule has 1 heterocycles. The number of anilines is 1. The normalized spacial score (nSPS) is 10.8. The average molecular weight is 201 g/mol. The standard InChI is InChI=1S/C8H6Cl2N2/c9-5-3-6-4(1-2-12-6)8(11)7(5)10/h1-3,12H,11H2. The molecule has 1 aromatic heterocycles. The van der Waals surface area contributed by atoms with E-state index < -0.39 is 0 Å². The molecular formula is C8H6Cl2N2. The summed E-state index contributed by atoms with van der Waals surface area (Å²) in [6.45, 7) is 0. The zero-order valence-electron chi connectivity index (χ0n) is 6.07. The Morgan fingerprint density at radius 1 is 1.33 bits per heavy atom. The Balaban J connectivity index is 2.94. The van der Waals surface area contributed by atoms with Gasteiger partial charge >= 0.3 is 0 Å². The summed E-state index contributed by atoms with van der Waals surface area (Å²) in [6.07, 6.45) is 1.80. The molecular weight excluding hydrogens is 195 g/mol. The second kappa shape index (κ2) is 2.57. The van der Waals surface area contributed by atoms with Gasteiger partial charge in [0.1, 0.15) is 0 Å². The van der Waals surface area contributed by atoms with Gasteiger partial charge in [0.25, 0.3) is 0 Å². The number of hydrogen-bond acceptors (Lipinski definition) is 1. The highest BCUT2D eigenvalue weighted by atomic mass is 35.5. The molecule has 4 heteroatoms. The van der Waals surface area contributed by atoms with E-state index in [0.29, 0.717) is 15.7 Å². The zero-order valence-corrected chi connectivity index (χ0v) is 7.58. The Morgan fingerprint density at radius 2 is 2.08 bits per heavy atom. The summed E-state index contributed by atoms with van der Waals surface area (Å²) < 4.78 is 0. The Bertz CT molecular complexity index is 434. The number of hydrogen-bond donors (Lipinski definition) is 2. The van der Waals surface area contributed by atoms with Crippen molar-refractivity contribution >= 4 is 39.8 Å². The number of nitrogens with one attached hydrogen (secondary N) is 1. The number of aromatic amines is 1. The molecule has 0 spiro atoms. The van der Waals surface area contributed by atoms with Gasteiger partial charge < -0.3 is 10.7 Å². The monoisotopic (exact) mass is 200 g/mol. The topological polar surface area (TPSA) is 41.8 Å². The fourth-order valence-electron chi connectivity index (χ4n) is 1.17. The summed E-state index contributed by atoms with van der Waals surface area (Å²) in [5.74, 6) is 0. The van der Waals surface area contributed by atoms with Crippen LogP contribution in [-0.2, 0) is 0 Å². The van der Waals surface area contributed by atoms with E-state index in [9.17, 15) is 0 Å². The number of benzene rings is 1. The predicted octanol–water partition coefficient (Wildman–Crippen LogP) is 3.06. The first kappa shape index (κ1) is 7.77. The highest BCUT2D eigenvalue weighted by Crippen LogP contribution is 2.34. The van der Waals surface area contributed by atoms with Crippen LogP contribution in [0.3, 0.4) is 0 Å². The molecule has 3 N–H and O–H groups in total. The number of nitrogens with two attached hydrogens (primary N) is 1. The number of halogens is 2. The van der Waals surface area contributed by atoms with E-state index in [1.807, 2.05) is 6.07 Å². The van der Waals surface area contributed by atoms with Gasteiger partial charge in [0.2, 0.25) is 0 Å². The zero-order chi connectivity index (χ0) is 8.72. The average Bonchev–Trinajstić information content (AvgIpc) is 2.48. The Kier molecular flexibility index (Phi) is 1.67. The molecule has 0 atom stereocenters. The van der Waals surface area contributed by atoms with Crippen molar-refractivity contribution in [2.24, 2.45) is 0 Å². The third-order valence-corrected chi connectivity index (χ3v) is 2.59. The van der Waals surface area contributed by atoms with Gasteiger partial charge in [-0.2, -0.15) is 0 Å². The summed E-state index contributed by atoms with van der Waals surface area (Å²) >= 11 is 11.7. The van der Waals surface area contributed by atoms with Gasteiger partial charge in [-0.15, -0.1) is 0 Å². The number of H-pyrrole nitrogens is 1. The van der Waals surface area contributed by atoms with E-state index in [-0.39, 0.29) is 0 Å². The van der Waals surface area contributed by atoms with Gasteiger partial charge in [0.15, 0.2) is 0 Å². The maximum absolute atomic E-state index is 5.84. The van der Waals surface area contributed by atoms with Crippen LogP contribution >= 0.6 is 23.2 Å². The Morgan fingerprint density at radius 3 is 2.83 bits per heavy atom. The number of aromatic nitrogens is 1. The lowest BCUT2D eigenvalue weighted by molar-refractivity contribution is 1.48. The van der Waals surface area contributed by atoms with Crippen LogP contribution < -0.4 is 5.73 Å². The van der Waals surface area contributed by atoms with Crippen molar-refractivity contribution in [1.82, 2.24) is 4.98 Å². The molecule has 0 radical (unpaired) electrons. The van der Waals surface area contributed by atoms with Gasteiger partial charge in [0, 0.05) is 17.1 Å². The molecule has 0 bridgehead atoms. The van der Waals surface area contributed by atoms with Gasteiger partial charge in [0.05, 0.1) is 15.7 Å². The van der Waals surface area contributed by atoms with Crippen LogP contribution in [0, 0.1) is 0 Å². The predicted molar refractivity (Wildman–Crippen MR) is 52.7 cm³/mol. The van der Waals surface area contributed by atoms with Crippen LogP contribution in [0.25, 0.3) is 10.9 Å². The molecule has 0 aliphatic rings. The van der Waals surface area contributed by atoms with E-state index in [2.05, 4.69) is 4.98 Å². The lowest BCUT2D eigenvalue weighted by Gasteiger charge is -2.01. The fraction of sp³-hybridized carbons (Fsp3) is 0. The summed E-state index contributed by atoms with van der Waals surface area (Å²) in [5.41, 5.74) is 7.16. The van der Waals surface area contributed by atoms with E-state index in [1.165, 1.54) is 0 Å². The maximum atomic E-state index is 5.84. The molecule has 0 amide bonds. The smallest absolute Gasteiger partial charge is 0.0829 e. The van der Waals surface area contributed by atoms with Crippen molar-refractivity contribution < 1.29 is 0 Å². The minimum Gasteiger partial charge on any atom is -0.397 e. The van der Waals surface area contributed by atoms with Crippen molar-refractivity contribution in [1.29, 1.82) is 0 Å². The number of fused-ring (bicyclic) bond motifs is 1. The first-order valence-electron chi connectivity index (χ1n) is 3.40. The molecule has 2 aromatic rings. The van der Waals surface area contributed by atoms with Crippen molar-refractivity contribution in [3.8, 4) is 0 Å². The van der Waals surface area contributed by atoms with Crippen molar-refractivity contribution in [3.63, 3.8) is 0 Å². The molecule has 12 heavy (non-hydrogen) atoms.